The van der Waals surface area contributed by atoms with Crippen LogP contribution in [0.15, 0.2) is 0 Å². The van der Waals surface area contributed by atoms with Gasteiger partial charge in [-0.25, -0.2) is 4.79 Å². The minimum absolute atomic E-state index is 0.0986. The summed E-state index contributed by atoms with van der Waals surface area (Å²) in [4.78, 5) is 24.8. The Kier molecular flexibility index (Phi) is 5.19. The molecule has 0 aromatic carbocycles. The van der Waals surface area contributed by atoms with Gasteiger partial charge in [0.25, 0.3) is 0 Å². The molecular formula is C14H23NO4. The number of carbonyl (C=O) groups is 2. The summed E-state index contributed by atoms with van der Waals surface area (Å²) < 4.78 is 5.14. The SMILES string of the molecule is O=C(O)[C@H]1CN(C(=O)CC2CCCCCC2)CCO1. The highest BCUT2D eigenvalue weighted by atomic mass is 16.5. The zero-order valence-corrected chi connectivity index (χ0v) is 11.3. The van der Waals surface area contributed by atoms with Crippen molar-refractivity contribution in [2.75, 3.05) is 19.7 Å². The van der Waals surface area contributed by atoms with Crippen molar-refractivity contribution in [2.45, 2.75) is 51.0 Å². The second-order valence-corrected chi connectivity index (χ2v) is 5.60. The van der Waals surface area contributed by atoms with E-state index < -0.39 is 12.1 Å². The van der Waals surface area contributed by atoms with E-state index in [4.69, 9.17) is 9.84 Å². The van der Waals surface area contributed by atoms with Crippen molar-refractivity contribution >= 4 is 11.9 Å². The molecule has 19 heavy (non-hydrogen) atoms. The summed E-state index contributed by atoms with van der Waals surface area (Å²) in [5.41, 5.74) is 0. The molecule has 1 N–H and O–H groups in total. The molecule has 0 unspecified atom stereocenters. The van der Waals surface area contributed by atoms with Gasteiger partial charge in [-0.3, -0.25) is 4.79 Å². The number of amides is 1. The van der Waals surface area contributed by atoms with Gasteiger partial charge in [-0.05, 0) is 18.8 Å². The lowest BCUT2D eigenvalue weighted by Crippen LogP contribution is -2.48. The van der Waals surface area contributed by atoms with Crippen molar-refractivity contribution in [3.05, 3.63) is 0 Å². The van der Waals surface area contributed by atoms with Gasteiger partial charge < -0.3 is 14.7 Å². The van der Waals surface area contributed by atoms with Gasteiger partial charge in [0.1, 0.15) is 0 Å². The number of hydrogen-bond acceptors (Lipinski definition) is 3. The average molecular weight is 269 g/mol. The van der Waals surface area contributed by atoms with E-state index in [0.717, 1.165) is 12.8 Å². The Morgan fingerprint density at radius 1 is 1.16 bits per heavy atom. The molecule has 1 heterocycles. The summed E-state index contributed by atoms with van der Waals surface area (Å²) in [6.07, 6.45) is 7.00. The van der Waals surface area contributed by atoms with Crippen LogP contribution in [0, 0.1) is 5.92 Å². The van der Waals surface area contributed by atoms with Crippen LogP contribution in [0.3, 0.4) is 0 Å². The molecule has 5 nitrogen and oxygen atoms in total. The fraction of sp³-hybridized carbons (Fsp3) is 0.857. The molecule has 2 aliphatic rings. The topological polar surface area (TPSA) is 66.8 Å². The zero-order chi connectivity index (χ0) is 13.7. The van der Waals surface area contributed by atoms with Crippen molar-refractivity contribution in [3.63, 3.8) is 0 Å². The van der Waals surface area contributed by atoms with Gasteiger partial charge in [0.05, 0.1) is 13.2 Å². The quantitative estimate of drug-likeness (QED) is 0.791. The highest BCUT2D eigenvalue weighted by molar-refractivity contribution is 5.78. The molecule has 5 heteroatoms. The first-order valence-electron chi connectivity index (χ1n) is 7.29. The van der Waals surface area contributed by atoms with Crippen molar-refractivity contribution in [2.24, 2.45) is 5.92 Å². The van der Waals surface area contributed by atoms with Crippen LogP contribution in [0.25, 0.3) is 0 Å². The second kappa shape index (κ2) is 6.89. The van der Waals surface area contributed by atoms with Gasteiger partial charge in [0, 0.05) is 13.0 Å². The number of carbonyl (C=O) groups excluding carboxylic acids is 1. The number of nitrogens with zero attached hydrogens (tertiary/aromatic N) is 1. The largest absolute Gasteiger partial charge is 0.479 e. The summed E-state index contributed by atoms with van der Waals surface area (Å²) in [5, 5.41) is 8.93. The Labute approximate surface area is 113 Å². The molecule has 0 aromatic rings. The van der Waals surface area contributed by atoms with E-state index in [1.807, 2.05) is 0 Å². The smallest absolute Gasteiger partial charge is 0.334 e. The zero-order valence-electron chi connectivity index (χ0n) is 11.3. The number of aliphatic carboxylic acids is 1. The lowest BCUT2D eigenvalue weighted by molar-refractivity contribution is -0.159. The van der Waals surface area contributed by atoms with Gasteiger partial charge in [0.15, 0.2) is 6.10 Å². The molecule has 1 saturated carbocycles. The van der Waals surface area contributed by atoms with Crippen LogP contribution in [-0.4, -0.2) is 47.7 Å². The lowest BCUT2D eigenvalue weighted by atomic mass is 9.96. The van der Waals surface area contributed by atoms with Crippen LogP contribution in [0.2, 0.25) is 0 Å². The highest BCUT2D eigenvalue weighted by Crippen LogP contribution is 2.26. The molecule has 1 saturated heterocycles. The predicted octanol–water partition coefficient (Wildman–Crippen LogP) is 1.66. The first-order valence-corrected chi connectivity index (χ1v) is 7.29. The third-order valence-corrected chi connectivity index (χ3v) is 4.13. The van der Waals surface area contributed by atoms with Gasteiger partial charge >= 0.3 is 5.97 Å². The molecule has 0 spiro atoms. The maximum Gasteiger partial charge on any atom is 0.334 e. The first kappa shape index (κ1) is 14.3. The maximum absolute atomic E-state index is 12.2. The molecule has 0 aromatic heterocycles. The minimum atomic E-state index is -0.980. The Morgan fingerprint density at radius 2 is 1.84 bits per heavy atom. The van der Waals surface area contributed by atoms with Crippen molar-refractivity contribution in [1.29, 1.82) is 0 Å². The van der Waals surface area contributed by atoms with Crippen LogP contribution in [0.1, 0.15) is 44.9 Å². The lowest BCUT2D eigenvalue weighted by Gasteiger charge is -2.31. The van der Waals surface area contributed by atoms with Gasteiger partial charge in [-0.2, -0.15) is 0 Å². The van der Waals surface area contributed by atoms with Gasteiger partial charge in [-0.1, -0.05) is 25.7 Å². The Bertz CT molecular complexity index is 323. The summed E-state index contributed by atoms with van der Waals surface area (Å²) in [5.74, 6) is -0.394. The standard InChI is InChI=1S/C14H23NO4/c16-13(9-11-5-3-1-2-4-6-11)15-7-8-19-12(10-15)14(17)18/h11-12H,1-10H2,(H,17,18)/t12-/m1/s1. The fourth-order valence-electron chi connectivity index (χ4n) is 2.97. The number of carboxylic acid groups (broad SMARTS) is 1. The molecule has 0 bridgehead atoms. The molecule has 2 rings (SSSR count). The minimum Gasteiger partial charge on any atom is -0.479 e. The van der Waals surface area contributed by atoms with Crippen LogP contribution in [0.5, 0.6) is 0 Å². The molecular weight excluding hydrogens is 246 g/mol. The second-order valence-electron chi connectivity index (χ2n) is 5.60. The third-order valence-electron chi connectivity index (χ3n) is 4.13. The predicted molar refractivity (Wildman–Crippen MR) is 69.8 cm³/mol. The fourth-order valence-corrected chi connectivity index (χ4v) is 2.97. The van der Waals surface area contributed by atoms with E-state index in [2.05, 4.69) is 0 Å². The monoisotopic (exact) mass is 269 g/mol. The maximum atomic E-state index is 12.2. The highest BCUT2D eigenvalue weighted by Gasteiger charge is 2.29. The van der Waals surface area contributed by atoms with Gasteiger partial charge in [-0.15, -0.1) is 0 Å². The molecule has 0 radical (unpaired) electrons. The summed E-state index contributed by atoms with van der Waals surface area (Å²) >= 11 is 0. The van der Waals surface area contributed by atoms with Gasteiger partial charge in [0.2, 0.25) is 5.91 Å². The van der Waals surface area contributed by atoms with E-state index in [1.165, 1.54) is 25.7 Å². The summed E-state index contributed by atoms with van der Waals surface area (Å²) in [6.45, 7) is 1.05. The molecule has 1 atom stereocenters. The van der Waals surface area contributed by atoms with E-state index in [1.54, 1.807) is 4.90 Å². The van der Waals surface area contributed by atoms with Crippen LogP contribution >= 0.6 is 0 Å². The van der Waals surface area contributed by atoms with E-state index in [9.17, 15) is 9.59 Å². The molecule has 1 aliphatic heterocycles. The number of rotatable bonds is 3. The molecule has 2 fully saturated rings. The van der Waals surface area contributed by atoms with Crippen molar-refractivity contribution < 1.29 is 19.4 Å². The molecule has 108 valence electrons. The number of carboxylic acids is 1. The molecule has 1 aliphatic carbocycles. The van der Waals surface area contributed by atoms with Crippen LogP contribution in [0.4, 0.5) is 0 Å². The van der Waals surface area contributed by atoms with E-state index in [0.29, 0.717) is 25.5 Å². The Hall–Kier alpha value is -1.10. The van der Waals surface area contributed by atoms with Crippen LogP contribution in [-0.2, 0) is 14.3 Å². The number of hydrogen-bond donors (Lipinski definition) is 1. The van der Waals surface area contributed by atoms with Crippen molar-refractivity contribution in [3.8, 4) is 0 Å². The normalized spacial score (nSPS) is 25.9. The number of ether oxygens (including phenoxy) is 1. The van der Waals surface area contributed by atoms with E-state index >= 15 is 0 Å². The summed E-state index contributed by atoms with van der Waals surface area (Å²) in [7, 11) is 0. The van der Waals surface area contributed by atoms with E-state index in [-0.39, 0.29) is 12.5 Å². The number of morpholine rings is 1. The Balaban J connectivity index is 1.83. The average Bonchev–Trinajstić information content (AvgIpc) is 2.67. The Morgan fingerprint density at radius 3 is 2.47 bits per heavy atom. The van der Waals surface area contributed by atoms with Crippen LogP contribution < -0.4 is 0 Å². The molecule has 1 amide bonds. The summed E-state index contributed by atoms with van der Waals surface area (Å²) in [6, 6.07) is 0. The van der Waals surface area contributed by atoms with Crippen molar-refractivity contribution in [1.82, 2.24) is 4.90 Å². The first-order chi connectivity index (χ1) is 9.16. The third kappa shape index (κ3) is 4.20.